The smallest absolute Gasteiger partial charge is 0.240 e. The van der Waals surface area contributed by atoms with E-state index in [0.29, 0.717) is 17.9 Å². The van der Waals surface area contributed by atoms with Crippen LogP contribution in [0.1, 0.15) is 24.5 Å². The fraction of sp³-hybridized carbons (Fsp3) is 0.333. The molecule has 20 heavy (non-hydrogen) atoms. The highest BCUT2D eigenvalue weighted by Crippen LogP contribution is 2.17. The van der Waals surface area contributed by atoms with E-state index in [1.807, 2.05) is 0 Å². The number of hydrogen-bond donors (Lipinski definition) is 2. The van der Waals surface area contributed by atoms with Crippen LogP contribution in [-0.2, 0) is 16.4 Å². The Balaban J connectivity index is 2.04. The van der Waals surface area contributed by atoms with Crippen molar-refractivity contribution in [1.29, 1.82) is 0 Å². The van der Waals surface area contributed by atoms with Crippen molar-refractivity contribution in [2.75, 3.05) is 6.54 Å². The Morgan fingerprint density at radius 2 is 2.25 bits per heavy atom. The first-order chi connectivity index (χ1) is 9.49. The molecule has 0 saturated heterocycles. The van der Waals surface area contributed by atoms with Crippen molar-refractivity contribution in [3.63, 3.8) is 0 Å². The summed E-state index contributed by atoms with van der Waals surface area (Å²) in [5.41, 5.74) is 0.546. The second-order valence-corrected chi connectivity index (χ2v) is 6.00. The lowest BCUT2D eigenvalue weighted by atomic mass is 10.1. The van der Waals surface area contributed by atoms with E-state index >= 15 is 0 Å². The summed E-state index contributed by atoms with van der Waals surface area (Å²) in [6.45, 7) is 1.73. The van der Waals surface area contributed by atoms with E-state index in [9.17, 15) is 13.5 Å². The summed E-state index contributed by atoms with van der Waals surface area (Å²) in [5.74, 6) is 0.366. The van der Waals surface area contributed by atoms with E-state index in [1.54, 1.807) is 19.1 Å². The van der Waals surface area contributed by atoms with E-state index in [0.717, 1.165) is 0 Å². The SMILES string of the molecule is CC(O)c1cccc(S(=O)(=O)NCCc2ncno2)c1. The van der Waals surface area contributed by atoms with Crippen molar-refractivity contribution in [3.8, 4) is 0 Å². The summed E-state index contributed by atoms with van der Waals surface area (Å²) < 4.78 is 31.4. The average molecular weight is 297 g/mol. The van der Waals surface area contributed by atoms with Crippen molar-refractivity contribution in [1.82, 2.24) is 14.9 Å². The predicted octanol–water partition coefficient (Wildman–Crippen LogP) is 0.644. The van der Waals surface area contributed by atoms with Gasteiger partial charge < -0.3 is 9.63 Å². The number of rotatable bonds is 6. The molecular weight excluding hydrogens is 282 g/mol. The molecule has 0 radical (unpaired) electrons. The summed E-state index contributed by atoms with van der Waals surface area (Å²) in [5, 5.41) is 12.9. The van der Waals surface area contributed by atoms with Crippen molar-refractivity contribution in [3.05, 3.63) is 42.0 Å². The van der Waals surface area contributed by atoms with Crippen LogP contribution < -0.4 is 4.72 Å². The normalized spacial score (nSPS) is 13.3. The highest BCUT2D eigenvalue weighted by molar-refractivity contribution is 7.89. The van der Waals surface area contributed by atoms with Gasteiger partial charge in [-0.05, 0) is 24.6 Å². The lowest BCUT2D eigenvalue weighted by Gasteiger charge is -2.09. The third kappa shape index (κ3) is 3.62. The molecule has 0 aliphatic heterocycles. The van der Waals surface area contributed by atoms with Gasteiger partial charge in [-0.1, -0.05) is 17.3 Å². The van der Waals surface area contributed by atoms with Crippen molar-refractivity contribution in [2.24, 2.45) is 0 Å². The van der Waals surface area contributed by atoms with Crippen LogP contribution in [0.3, 0.4) is 0 Å². The second-order valence-electron chi connectivity index (χ2n) is 4.23. The first kappa shape index (κ1) is 14.6. The zero-order valence-electron chi connectivity index (χ0n) is 10.9. The Morgan fingerprint density at radius 3 is 2.90 bits per heavy atom. The number of aliphatic hydroxyl groups is 1. The number of nitrogens with one attached hydrogen (secondary N) is 1. The molecule has 7 nitrogen and oxygen atoms in total. The van der Waals surface area contributed by atoms with Gasteiger partial charge in [0.2, 0.25) is 15.9 Å². The quantitative estimate of drug-likeness (QED) is 0.810. The molecule has 1 unspecified atom stereocenters. The van der Waals surface area contributed by atoms with Gasteiger partial charge in [-0.15, -0.1) is 0 Å². The Bertz CT molecular complexity index is 653. The van der Waals surface area contributed by atoms with Gasteiger partial charge >= 0.3 is 0 Å². The molecule has 0 aliphatic rings. The summed E-state index contributed by atoms with van der Waals surface area (Å²) >= 11 is 0. The zero-order chi connectivity index (χ0) is 14.6. The minimum Gasteiger partial charge on any atom is -0.389 e. The molecular formula is C12H15N3O4S. The van der Waals surface area contributed by atoms with Crippen LogP contribution >= 0.6 is 0 Å². The van der Waals surface area contributed by atoms with Crippen LogP contribution in [0.15, 0.2) is 40.0 Å². The first-order valence-electron chi connectivity index (χ1n) is 6.02. The standard InChI is InChI=1S/C12H15N3O4S/c1-9(16)10-3-2-4-11(7-10)20(17,18)15-6-5-12-13-8-14-19-12/h2-4,7-9,15-16H,5-6H2,1H3. The van der Waals surface area contributed by atoms with Gasteiger partial charge in [0.05, 0.1) is 11.0 Å². The summed E-state index contributed by atoms with van der Waals surface area (Å²) in [7, 11) is -3.62. The topological polar surface area (TPSA) is 105 Å². The molecule has 0 spiro atoms. The molecule has 2 aromatic rings. The molecule has 0 fully saturated rings. The molecule has 2 N–H and O–H groups in total. The van der Waals surface area contributed by atoms with E-state index in [2.05, 4.69) is 14.9 Å². The van der Waals surface area contributed by atoms with Gasteiger partial charge in [-0.25, -0.2) is 13.1 Å². The summed E-state index contributed by atoms with van der Waals surface area (Å²) in [6.07, 6.45) is 0.856. The number of benzene rings is 1. The van der Waals surface area contributed by atoms with Gasteiger partial charge in [-0.3, -0.25) is 0 Å². The number of aromatic nitrogens is 2. The molecule has 2 rings (SSSR count). The van der Waals surface area contributed by atoms with Gasteiger partial charge in [0.15, 0.2) is 6.33 Å². The summed E-state index contributed by atoms with van der Waals surface area (Å²) in [6, 6.07) is 6.18. The van der Waals surface area contributed by atoms with Crippen molar-refractivity contribution < 1.29 is 18.0 Å². The zero-order valence-corrected chi connectivity index (χ0v) is 11.7. The Kier molecular flexibility index (Phi) is 4.48. The molecule has 1 aromatic heterocycles. The van der Waals surface area contributed by atoms with Gasteiger partial charge in [0.1, 0.15) is 0 Å². The number of sulfonamides is 1. The summed E-state index contributed by atoms with van der Waals surface area (Å²) in [4.78, 5) is 3.91. The van der Waals surface area contributed by atoms with Crippen LogP contribution in [0.4, 0.5) is 0 Å². The second kappa shape index (κ2) is 6.12. The fourth-order valence-electron chi connectivity index (χ4n) is 1.62. The Morgan fingerprint density at radius 1 is 1.45 bits per heavy atom. The maximum Gasteiger partial charge on any atom is 0.240 e. The Hall–Kier alpha value is -1.77. The molecule has 108 valence electrons. The van der Waals surface area contributed by atoms with Crippen LogP contribution in [0.25, 0.3) is 0 Å². The van der Waals surface area contributed by atoms with Gasteiger partial charge in [0.25, 0.3) is 0 Å². The molecule has 0 aliphatic carbocycles. The molecule has 1 aromatic carbocycles. The largest absolute Gasteiger partial charge is 0.389 e. The number of nitrogens with zero attached hydrogens (tertiary/aromatic N) is 2. The number of hydrogen-bond acceptors (Lipinski definition) is 6. The molecule has 0 saturated carbocycles. The molecule has 8 heteroatoms. The van der Waals surface area contributed by atoms with E-state index in [4.69, 9.17) is 4.52 Å². The highest BCUT2D eigenvalue weighted by Gasteiger charge is 2.15. The number of aliphatic hydroxyl groups excluding tert-OH is 1. The third-order valence-corrected chi connectivity index (χ3v) is 4.15. The molecule has 0 amide bonds. The molecule has 1 atom stereocenters. The minimum absolute atomic E-state index is 0.112. The first-order valence-corrected chi connectivity index (χ1v) is 7.50. The molecule has 0 bridgehead atoms. The van der Waals surface area contributed by atoms with Crippen LogP contribution in [0.5, 0.6) is 0 Å². The average Bonchev–Trinajstić information content (AvgIpc) is 2.92. The predicted molar refractivity (Wildman–Crippen MR) is 70.3 cm³/mol. The van der Waals surface area contributed by atoms with E-state index < -0.39 is 16.1 Å². The van der Waals surface area contributed by atoms with Crippen molar-refractivity contribution >= 4 is 10.0 Å². The van der Waals surface area contributed by atoms with Crippen LogP contribution in [-0.4, -0.2) is 30.2 Å². The third-order valence-electron chi connectivity index (χ3n) is 2.69. The Labute approximate surface area is 116 Å². The fourth-order valence-corrected chi connectivity index (χ4v) is 2.71. The van der Waals surface area contributed by atoms with Gasteiger partial charge in [-0.2, -0.15) is 4.98 Å². The maximum atomic E-state index is 12.1. The van der Waals surface area contributed by atoms with Crippen LogP contribution in [0, 0.1) is 0 Å². The van der Waals surface area contributed by atoms with Crippen molar-refractivity contribution in [2.45, 2.75) is 24.3 Å². The lowest BCUT2D eigenvalue weighted by molar-refractivity contribution is 0.199. The molecule has 1 heterocycles. The van der Waals surface area contributed by atoms with Gasteiger partial charge in [0, 0.05) is 13.0 Å². The maximum absolute atomic E-state index is 12.1. The van der Waals surface area contributed by atoms with Crippen LogP contribution in [0.2, 0.25) is 0 Å². The van der Waals surface area contributed by atoms with E-state index in [1.165, 1.54) is 18.5 Å². The highest BCUT2D eigenvalue weighted by atomic mass is 32.2. The minimum atomic E-state index is -3.62. The lowest BCUT2D eigenvalue weighted by Crippen LogP contribution is -2.26. The monoisotopic (exact) mass is 297 g/mol. The van der Waals surface area contributed by atoms with E-state index in [-0.39, 0.29) is 11.4 Å².